The highest BCUT2D eigenvalue weighted by Gasteiger charge is 2.32. The van der Waals surface area contributed by atoms with Crippen LogP contribution in [0.4, 0.5) is 0 Å². The summed E-state index contributed by atoms with van der Waals surface area (Å²) in [4.78, 5) is 13.0. The summed E-state index contributed by atoms with van der Waals surface area (Å²) in [6, 6.07) is 3.63. The minimum absolute atomic E-state index is 0.440. The number of ether oxygens (including phenoxy) is 3. The first-order valence-corrected chi connectivity index (χ1v) is 6.51. The van der Waals surface area contributed by atoms with Crippen molar-refractivity contribution in [3.05, 3.63) is 17.7 Å². The van der Waals surface area contributed by atoms with Gasteiger partial charge < -0.3 is 19.3 Å². The van der Waals surface area contributed by atoms with E-state index in [1.807, 2.05) is 12.1 Å². The van der Waals surface area contributed by atoms with Gasteiger partial charge in [0.15, 0.2) is 11.5 Å². The van der Waals surface area contributed by atoms with Gasteiger partial charge in [0.25, 0.3) is 0 Å². The van der Waals surface area contributed by atoms with Crippen LogP contribution in [0.1, 0.15) is 19.4 Å². The molecule has 0 amide bonds. The summed E-state index contributed by atoms with van der Waals surface area (Å²) in [5.74, 6) is 0.739. The summed E-state index contributed by atoms with van der Waals surface area (Å²) in [7, 11) is 6.40. The number of hydrogen-bond donors (Lipinski definition) is 1. The summed E-state index contributed by atoms with van der Waals surface area (Å²) in [5.41, 5.74) is -0.0956. The molecule has 21 heavy (non-hydrogen) atoms. The Bertz CT molecular complexity index is 488. The van der Waals surface area contributed by atoms with E-state index in [2.05, 4.69) is 0 Å². The van der Waals surface area contributed by atoms with Crippen LogP contribution in [0.5, 0.6) is 17.2 Å². The first kappa shape index (κ1) is 17.1. The number of likely N-dealkylation sites (N-methyl/N-ethyl adjacent to an activating group) is 1. The predicted octanol–water partition coefficient (Wildman–Crippen LogP) is 2.01. The minimum atomic E-state index is -0.972. The topological polar surface area (TPSA) is 68.2 Å². The molecule has 0 unspecified atom stereocenters. The van der Waals surface area contributed by atoms with Crippen molar-refractivity contribution in [2.75, 3.05) is 28.4 Å². The molecule has 0 aliphatic heterocycles. The smallest absolute Gasteiger partial charge is 0.323 e. The van der Waals surface area contributed by atoms with Gasteiger partial charge in [0.1, 0.15) is 5.54 Å². The Morgan fingerprint density at radius 3 is 1.95 bits per heavy atom. The molecule has 1 aromatic rings. The number of aliphatic carboxylic acids is 1. The zero-order chi connectivity index (χ0) is 16.2. The molecule has 0 heterocycles. The first-order valence-electron chi connectivity index (χ1n) is 6.51. The molecule has 1 rings (SSSR count). The van der Waals surface area contributed by atoms with Gasteiger partial charge in [-0.05, 0) is 38.6 Å². The standard InChI is InChI=1S/C15H23NO5/c1-15(2,14(17)18)16(3)9-10-7-11(19-4)13(21-6)12(8-10)20-5/h7-8H,9H2,1-6H3,(H,17,18). The molecule has 0 saturated carbocycles. The maximum absolute atomic E-state index is 11.3. The zero-order valence-electron chi connectivity index (χ0n) is 13.4. The molecule has 118 valence electrons. The first-order chi connectivity index (χ1) is 9.77. The molecule has 0 atom stereocenters. The Kier molecular flexibility index (Phi) is 5.43. The lowest BCUT2D eigenvalue weighted by molar-refractivity contribution is -0.148. The molecule has 0 aromatic heterocycles. The largest absolute Gasteiger partial charge is 0.493 e. The van der Waals surface area contributed by atoms with Gasteiger partial charge in [-0.25, -0.2) is 0 Å². The number of carboxylic acids is 1. The summed E-state index contributed by atoms with van der Waals surface area (Å²) in [6.45, 7) is 3.76. The van der Waals surface area contributed by atoms with E-state index in [-0.39, 0.29) is 0 Å². The molecule has 0 spiro atoms. The number of carbonyl (C=O) groups is 1. The normalized spacial score (nSPS) is 11.4. The third kappa shape index (κ3) is 3.58. The SMILES string of the molecule is COc1cc(CN(C)C(C)(C)C(=O)O)cc(OC)c1OC. The van der Waals surface area contributed by atoms with Gasteiger partial charge >= 0.3 is 5.97 Å². The van der Waals surface area contributed by atoms with E-state index in [0.29, 0.717) is 23.8 Å². The van der Waals surface area contributed by atoms with Gasteiger partial charge in [-0.2, -0.15) is 0 Å². The van der Waals surface area contributed by atoms with E-state index in [1.165, 1.54) is 0 Å². The summed E-state index contributed by atoms with van der Waals surface area (Å²) < 4.78 is 15.9. The van der Waals surface area contributed by atoms with E-state index < -0.39 is 11.5 Å². The fourth-order valence-corrected chi connectivity index (χ4v) is 1.86. The van der Waals surface area contributed by atoms with Crippen molar-refractivity contribution in [3.63, 3.8) is 0 Å². The average Bonchev–Trinajstić information content (AvgIpc) is 2.45. The fraction of sp³-hybridized carbons (Fsp3) is 0.533. The fourth-order valence-electron chi connectivity index (χ4n) is 1.86. The van der Waals surface area contributed by atoms with Crippen LogP contribution in [0.25, 0.3) is 0 Å². The van der Waals surface area contributed by atoms with Crippen LogP contribution in [-0.2, 0) is 11.3 Å². The van der Waals surface area contributed by atoms with Crippen LogP contribution in [0.15, 0.2) is 12.1 Å². The molecule has 0 saturated heterocycles. The maximum Gasteiger partial charge on any atom is 0.323 e. The molecule has 6 nitrogen and oxygen atoms in total. The van der Waals surface area contributed by atoms with Crippen LogP contribution >= 0.6 is 0 Å². The van der Waals surface area contributed by atoms with Crippen LogP contribution in [0, 0.1) is 0 Å². The highest BCUT2D eigenvalue weighted by molar-refractivity contribution is 5.77. The van der Waals surface area contributed by atoms with Crippen molar-refractivity contribution < 1.29 is 24.1 Å². The highest BCUT2D eigenvalue weighted by atomic mass is 16.5. The van der Waals surface area contributed by atoms with E-state index in [9.17, 15) is 9.90 Å². The second kappa shape index (κ2) is 6.67. The number of rotatable bonds is 7. The number of methoxy groups -OCH3 is 3. The van der Waals surface area contributed by atoms with Crippen molar-refractivity contribution >= 4 is 5.97 Å². The number of carboxylic acid groups (broad SMARTS) is 1. The number of hydrogen-bond acceptors (Lipinski definition) is 5. The highest BCUT2D eigenvalue weighted by Crippen LogP contribution is 2.38. The van der Waals surface area contributed by atoms with Gasteiger partial charge in [-0.1, -0.05) is 0 Å². The van der Waals surface area contributed by atoms with Gasteiger partial charge in [0, 0.05) is 6.54 Å². The molecule has 0 aliphatic carbocycles. The second-order valence-corrected chi connectivity index (χ2v) is 5.25. The van der Waals surface area contributed by atoms with E-state index >= 15 is 0 Å². The molecule has 0 radical (unpaired) electrons. The summed E-state index contributed by atoms with van der Waals surface area (Å²) in [5, 5.41) is 9.26. The Balaban J connectivity index is 3.12. The maximum atomic E-state index is 11.3. The Hall–Kier alpha value is -1.95. The molecule has 0 fully saturated rings. The van der Waals surface area contributed by atoms with Crippen LogP contribution in [-0.4, -0.2) is 49.9 Å². The monoisotopic (exact) mass is 297 g/mol. The van der Waals surface area contributed by atoms with Crippen molar-refractivity contribution in [2.24, 2.45) is 0 Å². The van der Waals surface area contributed by atoms with Gasteiger partial charge in [0.2, 0.25) is 5.75 Å². The summed E-state index contributed by atoms with van der Waals surface area (Å²) in [6.07, 6.45) is 0. The van der Waals surface area contributed by atoms with Gasteiger partial charge in [0.05, 0.1) is 21.3 Å². The van der Waals surface area contributed by atoms with E-state index in [0.717, 1.165) is 5.56 Å². The van der Waals surface area contributed by atoms with Crippen LogP contribution in [0.2, 0.25) is 0 Å². The number of benzene rings is 1. The average molecular weight is 297 g/mol. The minimum Gasteiger partial charge on any atom is -0.493 e. The molecule has 0 aliphatic rings. The van der Waals surface area contributed by atoms with Crippen molar-refractivity contribution in [2.45, 2.75) is 25.9 Å². The van der Waals surface area contributed by atoms with Gasteiger partial charge in [-0.3, -0.25) is 9.69 Å². The van der Waals surface area contributed by atoms with Gasteiger partial charge in [-0.15, -0.1) is 0 Å². The third-order valence-corrected chi connectivity index (χ3v) is 3.62. The lowest BCUT2D eigenvalue weighted by Crippen LogP contribution is -2.47. The third-order valence-electron chi connectivity index (χ3n) is 3.62. The van der Waals surface area contributed by atoms with Crippen molar-refractivity contribution in [1.82, 2.24) is 4.90 Å². The molecule has 1 aromatic carbocycles. The summed E-state index contributed by atoms with van der Waals surface area (Å²) >= 11 is 0. The molecular formula is C15H23NO5. The predicted molar refractivity (Wildman–Crippen MR) is 79.3 cm³/mol. The zero-order valence-corrected chi connectivity index (χ0v) is 13.4. The quantitative estimate of drug-likeness (QED) is 0.830. The molecule has 1 N–H and O–H groups in total. The van der Waals surface area contributed by atoms with E-state index in [4.69, 9.17) is 14.2 Å². The van der Waals surface area contributed by atoms with Crippen LogP contribution in [0.3, 0.4) is 0 Å². The Morgan fingerprint density at radius 2 is 1.62 bits per heavy atom. The van der Waals surface area contributed by atoms with Crippen LogP contribution < -0.4 is 14.2 Å². The molecule has 6 heteroatoms. The van der Waals surface area contributed by atoms with Crippen molar-refractivity contribution in [1.29, 1.82) is 0 Å². The lowest BCUT2D eigenvalue weighted by Gasteiger charge is -2.31. The van der Waals surface area contributed by atoms with E-state index in [1.54, 1.807) is 47.1 Å². The second-order valence-electron chi connectivity index (χ2n) is 5.25. The Morgan fingerprint density at radius 1 is 1.14 bits per heavy atom. The molecular weight excluding hydrogens is 274 g/mol. The lowest BCUT2D eigenvalue weighted by atomic mass is 10.0. The van der Waals surface area contributed by atoms with Crippen molar-refractivity contribution in [3.8, 4) is 17.2 Å². The number of nitrogens with zero attached hydrogens (tertiary/aromatic N) is 1. The molecule has 0 bridgehead atoms. The Labute approximate surface area is 125 Å².